The molecule has 0 unspecified atom stereocenters. The van der Waals surface area contributed by atoms with Gasteiger partial charge in [-0.25, -0.2) is 0 Å². The molecule has 0 amide bonds. The molecule has 16 aromatic carbocycles. The van der Waals surface area contributed by atoms with Gasteiger partial charge in [0.25, 0.3) is 0 Å². The molecule has 2 N–H and O–H groups in total. The Balaban J connectivity index is 0.000000202. The molecule has 0 aliphatic rings. The largest absolute Gasteiger partial charge is 0.355 e. The molecule has 0 atom stereocenters. The molecule has 0 aliphatic heterocycles. The molecular formula is C128H134Br3IN4. The van der Waals surface area contributed by atoms with Crippen LogP contribution in [0.5, 0.6) is 0 Å². The summed E-state index contributed by atoms with van der Waals surface area (Å²) in [6.45, 7) is 27.2. The van der Waals surface area contributed by atoms with E-state index in [1.54, 1.807) is 0 Å². The zero-order valence-electron chi connectivity index (χ0n) is 81.9. The Morgan fingerprint density at radius 3 is 0.743 bits per heavy atom. The maximum absolute atomic E-state index is 3.66. The third-order valence-corrected chi connectivity index (χ3v) is 28.9. The SMILES string of the molecule is Brc1ccc(-c2ccc(I)cc2)cc1.CCCCCCc1cc(-c2ccc(N(c3ccc(-c4ccc(Br)cc4)cc3)c3ccccc3C)cc2C)c(CCCCCC)cc1-c1ccc(N(c2ccc(-c3ccc(Br)cc3)cc2)c2ccccc2C)cc1C.CCCCCCc1cc(-c2ccc(Nc3ccccc3C)cc2C)c(CCCCCC)cc1-c1ccc(Nc2ccccc2C)cc1C. The standard InChI is InChI=1S/C70H70Br2N2.C46H56N2.C12H8BrI/c1-7-9-11-13-21-57-47-68(66-44-42-64(46-52(66)6)74(70-24-18-16-20-50(70)4)62-39-31-56(32-40-62)54-27-35-60(72)36-28-54)58(22-14-12-10-8-2)48-67(57)65-43-41-63(45-51(65)5)73(69-23-17-15-19-49(69)3)61-37-29-55(30-38-61)53-25-33-59(71)34-26-53;1-7-9-11-13-21-37-31-44(42-28-26-40(30-36(42)6)48-46-24-18-16-20-34(46)4)38(22-14-12-10-8-2)32-43(37)41-27-25-39(29-35(41)5)47-45-23-17-15-19-33(45)3;13-11-5-1-9(2-6-11)10-3-7-12(14)8-4-10/h15-20,23-48H,7-14,21-22H2,1-6H3;15-20,23-32,47-48H,7-14,21-22H2,1-6H3;1-8H. The van der Waals surface area contributed by atoms with Gasteiger partial charge in [-0.05, 0) is 420 Å². The fourth-order valence-electron chi connectivity index (χ4n) is 18.8. The van der Waals surface area contributed by atoms with Gasteiger partial charge in [-0.1, -0.05) is 347 Å². The van der Waals surface area contributed by atoms with Gasteiger partial charge in [0.15, 0.2) is 0 Å². The van der Waals surface area contributed by atoms with Gasteiger partial charge in [0, 0.05) is 73.9 Å². The second-order valence-corrected chi connectivity index (χ2v) is 40.9. The van der Waals surface area contributed by atoms with Crippen molar-refractivity contribution in [2.45, 2.75) is 212 Å². The van der Waals surface area contributed by atoms with Crippen LogP contribution in [0, 0.1) is 59.0 Å². The number of halogens is 4. The van der Waals surface area contributed by atoms with E-state index in [-0.39, 0.29) is 0 Å². The van der Waals surface area contributed by atoms with E-state index in [0.29, 0.717) is 0 Å². The molecule has 0 fully saturated rings. The van der Waals surface area contributed by atoms with E-state index in [9.17, 15) is 0 Å². The van der Waals surface area contributed by atoms with E-state index in [4.69, 9.17) is 0 Å². The number of benzene rings is 16. The summed E-state index contributed by atoms with van der Waals surface area (Å²) in [4.78, 5) is 4.86. The van der Waals surface area contributed by atoms with Crippen LogP contribution < -0.4 is 20.4 Å². The third kappa shape index (κ3) is 26.8. The Morgan fingerprint density at radius 1 is 0.221 bits per heavy atom. The monoisotopic (exact) mass is 2090 g/mol. The smallest absolute Gasteiger partial charge is 0.0490 e. The van der Waals surface area contributed by atoms with Crippen molar-refractivity contribution in [2.75, 3.05) is 20.4 Å². The highest BCUT2D eigenvalue weighted by Gasteiger charge is 2.24. The first-order valence-electron chi connectivity index (χ1n) is 49.6. The molecule has 0 saturated heterocycles. The van der Waals surface area contributed by atoms with Crippen LogP contribution in [0.15, 0.2) is 353 Å². The van der Waals surface area contributed by atoms with Gasteiger partial charge in [0.2, 0.25) is 0 Å². The maximum atomic E-state index is 3.66. The minimum absolute atomic E-state index is 1.05. The molecule has 0 saturated carbocycles. The van der Waals surface area contributed by atoms with Crippen molar-refractivity contribution < 1.29 is 0 Å². The number of hydrogen-bond acceptors (Lipinski definition) is 4. The van der Waals surface area contributed by atoms with E-state index in [2.05, 4.69) is 514 Å². The zero-order valence-corrected chi connectivity index (χ0v) is 88.8. The van der Waals surface area contributed by atoms with Crippen LogP contribution >= 0.6 is 70.4 Å². The van der Waals surface area contributed by atoms with Crippen LogP contribution in [0.25, 0.3) is 77.9 Å². The van der Waals surface area contributed by atoms with Gasteiger partial charge in [0.05, 0.1) is 0 Å². The molecule has 0 aliphatic carbocycles. The summed E-state index contributed by atoms with van der Waals surface area (Å²) in [5, 5.41) is 7.32. The molecule has 136 heavy (non-hydrogen) atoms. The Morgan fingerprint density at radius 2 is 0.471 bits per heavy atom. The van der Waals surface area contributed by atoms with Crippen molar-refractivity contribution in [1.29, 1.82) is 0 Å². The first kappa shape index (κ1) is 101. The minimum atomic E-state index is 1.05. The molecule has 0 aromatic heterocycles. The normalized spacial score (nSPS) is 11.1. The van der Waals surface area contributed by atoms with Crippen LogP contribution in [-0.2, 0) is 25.7 Å². The van der Waals surface area contributed by atoms with E-state index in [1.165, 1.54) is 262 Å². The van der Waals surface area contributed by atoms with Gasteiger partial charge >= 0.3 is 0 Å². The summed E-state index contributed by atoms with van der Waals surface area (Å²) >= 11 is 13.0. The van der Waals surface area contributed by atoms with E-state index in [1.807, 2.05) is 0 Å². The van der Waals surface area contributed by atoms with Gasteiger partial charge < -0.3 is 20.4 Å². The Labute approximate surface area is 852 Å². The summed E-state index contributed by atoms with van der Waals surface area (Å²) < 4.78 is 4.56. The van der Waals surface area contributed by atoms with Crippen molar-refractivity contribution in [3.05, 3.63) is 423 Å². The summed E-state index contributed by atoms with van der Waals surface area (Å²) in [5.74, 6) is 0. The summed E-state index contributed by atoms with van der Waals surface area (Å²) in [6, 6.07) is 125. The average Bonchev–Trinajstić information content (AvgIpc) is 0.766. The van der Waals surface area contributed by atoms with Gasteiger partial charge in [-0.2, -0.15) is 0 Å². The summed E-state index contributed by atoms with van der Waals surface area (Å²) in [6.07, 6.45) is 24.2. The number of rotatable bonds is 37. The van der Waals surface area contributed by atoms with Crippen LogP contribution in [0.2, 0.25) is 0 Å². The van der Waals surface area contributed by atoms with Crippen molar-refractivity contribution in [3.8, 4) is 77.9 Å². The maximum Gasteiger partial charge on any atom is 0.0490 e. The lowest BCUT2D eigenvalue weighted by Gasteiger charge is -2.28. The quantitative estimate of drug-likeness (QED) is 0.0300. The molecule has 694 valence electrons. The highest BCUT2D eigenvalue weighted by Crippen LogP contribution is 2.47. The third-order valence-electron chi connectivity index (χ3n) is 26.6. The van der Waals surface area contributed by atoms with Crippen LogP contribution in [0.4, 0.5) is 56.9 Å². The van der Waals surface area contributed by atoms with E-state index < -0.39 is 0 Å². The van der Waals surface area contributed by atoms with Crippen LogP contribution in [0.3, 0.4) is 0 Å². The number of aryl methyl sites for hydroxylation is 12. The zero-order chi connectivity index (χ0) is 95.4. The number of hydrogen-bond donors (Lipinski definition) is 2. The fourth-order valence-corrected chi connectivity index (χ4v) is 20.0. The topological polar surface area (TPSA) is 30.5 Å². The molecule has 0 spiro atoms. The first-order valence-corrected chi connectivity index (χ1v) is 53.0. The van der Waals surface area contributed by atoms with Crippen LogP contribution in [0.1, 0.15) is 197 Å². The number of para-hydroxylation sites is 4. The summed E-state index contributed by atoms with van der Waals surface area (Å²) in [7, 11) is 0. The highest BCUT2D eigenvalue weighted by molar-refractivity contribution is 14.1. The predicted molar refractivity (Wildman–Crippen MR) is 611 cm³/mol. The number of anilines is 10. The van der Waals surface area contributed by atoms with Crippen molar-refractivity contribution in [2.24, 2.45) is 0 Å². The van der Waals surface area contributed by atoms with Gasteiger partial charge in [-0.3, -0.25) is 0 Å². The Bertz CT molecular complexity index is 6190. The van der Waals surface area contributed by atoms with Gasteiger partial charge in [-0.15, -0.1) is 0 Å². The second-order valence-electron chi connectivity index (χ2n) is 36.9. The lowest BCUT2D eigenvalue weighted by Crippen LogP contribution is -2.12. The number of nitrogens with one attached hydrogen (secondary N) is 2. The van der Waals surface area contributed by atoms with Crippen molar-refractivity contribution in [1.82, 2.24) is 0 Å². The molecule has 16 aromatic rings. The van der Waals surface area contributed by atoms with E-state index in [0.717, 1.165) is 84.6 Å². The van der Waals surface area contributed by atoms with Crippen molar-refractivity contribution >= 4 is 127 Å². The lowest BCUT2D eigenvalue weighted by molar-refractivity contribution is 0.664. The average molecular weight is 2100 g/mol. The first-order chi connectivity index (χ1) is 66.2. The Hall–Kier alpha value is -11.1. The Kier molecular flexibility index (Phi) is 37.3. The molecular weight excluding hydrogens is 1960 g/mol. The highest BCUT2D eigenvalue weighted by atomic mass is 127. The number of nitrogens with zero attached hydrogens (tertiary/aromatic N) is 2. The minimum Gasteiger partial charge on any atom is -0.355 e. The lowest BCUT2D eigenvalue weighted by atomic mass is 9.84. The van der Waals surface area contributed by atoms with Gasteiger partial charge in [0.1, 0.15) is 0 Å². The molecule has 16 rings (SSSR count). The molecule has 0 radical (unpaired) electrons. The van der Waals surface area contributed by atoms with E-state index >= 15 is 0 Å². The molecule has 0 heterocycles. The number of unbranched alkanes of at least 4 members (excludes halogenated alkanes) is 12. The fraction of sp³-hybridized carbons (Fsp3) is 0.250. The molecule has 4 nitrogen and oxygen atoms in total. The predicted octanol–water partition coefficient (Wildman–Crippen LogP) is 41.0. The van der Waals surface area contributed by atoms with Crippen molar-refractivity contribution in [3.63, 3.8) is 0 Å². The second kappa shape index (κ2) is 50.3. The van der Waals surface area contributed by atoms with Crippen LogP contribution in [-0.4, -0.2) is 0 Å². The summed E-state index contributed by atoms with van der Waals surface area (Å²) in [5.41, 5.74) is 45.9. The molecule has 8 heteroatoms. The molecule has 0 bridgehead atoms.